The molecule has 0 saturated carbocycles. The van der Waals surface area contributed by atoms with Crippen molar-refractivity contribution in [3.8, 4) is 0 Å². The second-order valence-corrected chi connectivity index (χ2v) is 4.60. The van der Waals surface area contributed by atoms with Gasteiger partial charge in [0.2, 0.25) is 0 Å². The Labute approximate surface area is 105 Å². The summed E-state index contributed by atoms with van der Waals surface area (Å²) in [7, 11) is 0. The summed E-state index contributed by atoms with van der Waals surface area (Å²) in [5, 5.41) is 10.5. The Morgan fingerprint density at radius 2 is 1.39 bits per heavy atom. The van der Waals surface area contributed by atoms with E-state index < -0.39 is 17.2 Å². The topological polar surface area (TPSA) is 20.2 Å². The second kappa shape index (κ2) is 4.50. The van der Waals surface area contributed by atoms with E-state index in [0.717, 1.165) is 23.8 Å². The predicted molar refractivity (Wildman–Crippen MR) is 66.2 cm³/mol. The molecule has 1 atom stereocenters. The van der Waals surface area contributed by atoms with Gasteiger partial charge in [0.15, 0.2) is 0 Å². The Morgan fingerprint density at radius 3 is 1.89 bits per heavy atom. The van der Waals surface area contributed by atoms with E-state index in [2.05, 4.69) is 0 Å². The van der Waals surface area contributed by atoms with Crippen LogP contribution in [0, 0.1) is 18.6 Å². The van der Waals surface area contributed by atoms with Gasteiger partial charge in [0, 0.05) is 6.07 Å². The molecular formula is C15H14F2O. The van der Waals surface area contributed by atoms with E-state index in [1.165, 1.54) is 6.92 Å². The molecule has 0 fully saturated rings. The van der Waals surface area contributed by atoms with Gasteiger partial charge in [-0.1, -0.05) is 29.8 Å². The molecule has 0 spiro atoms. The fourth-order valence-electron chi connectivity index (χ4n) is 1.88. The molecule has 2 aromatic rings. The zero-order valence-corrected chi connectivity index (χ0v) is 10.2. The summed E-state index contributed by atoms with van der Waals surface area (Å²) >= 11 is 0. The van der Waals surface area contributed by atoms with E-state index in [1.807, 2.05) is 19.1 Å². The Balaban J connectivity index is 2.49. The highest BCUT2D eigenvalue weighted by atomic mass is 19.1. The van der Waals surface area contributed by atoms with Gasteiger partial charge in [-0.3, -0.25) is 0 Å². The fraction of sp³-hybridized carbons (Fsp3) is 0.200. The van der Waals surface area contributed by atoms with E-state index in [1.54, 1.807) is 12.1 Å². The van der Waals surface area contributed by atoms with Gasteiger partial charge < -0.3 is 5.11 Å². The van der Waals surface area contributed by atoms with Gasteiger partial charge in [0.25, 0.3) is 0 Å². The van der Waals surface area contributed by atoms with E-state index in [0.29, 0.717) is 5.56 Å². The van der Waals surface area contributed by atoms with Crippen LogP contribution >= 0.6 is 0 Å². The number of hydrogen-bond acceptors (Lipinski definition) is 1. The predicted octanol–water partition coefficient (Wildman–Crippen LogP) is 3.53. The van der Waals surface area contributed by atoms with Crippen LogP contribution in [0.4, 0.5) is 8.78 Å². The van der Waals surface area contributed by atoms with Crippen LogP contribution in [0.2, 0.25) is 0 Å². The molecule has 0 aliphatic heterocycles. The van der Waals surface area contributed by atoms with E-state index in [4.69, 9.17) is 0 Å². The summed E-state index contributed by atoms with van der Waals surface area (Å²) < 4.78 is 26.4. The van der Waals surface area contributed by atoms with Crippen LogP contribution in [0.5, 0.6) is 0 Å². The molecule has 18 heavy (non-hydrogen) atoms. The summed E-state index contributed by atoms with van der Waals surface area (Å²) in [6.07, 6.45) is 0. The molecule has 0 saturated heterocycles. The largest absolute Gasteiger partial charge is 0.381 e. The molecule has 0 heterocycles. The molecule has 0 bridgehead atoms. The third-order valence-corrected chi connectivity index (χ3v) is 3.04. The average molecular weight is 248 g/mol. The zero-order valence-electron chi connectivity index (χ0n) is 10.2. The van der Waals surface area contributed by atoms with Crippen molar-refractivity contribution in [1.29, 1.82) is 0 Å². The molecule has 1 N–H and O–H groups in total. The van der Waals surface area contributed by atoms with Crippen LogP contribution < -0.4 is 0 Å². The second-order valence-electron chi connectivity index (χ2n) is 4.60. The van der Waals surface area contributed by atoms with Gasteiger partial charge in [-0.2, -0.15) is 0 Å². The number of aryl methyl sites for hydroxylation is 1. The molecule has 0 aromatic heterocycles. The van der Waals surface area contributed by atoms with Crippen molar-refractivity contribution in [3.63, 3.8) is 0 Å². The molecule has 1 unspecified atom stereocenters. The van der Waals surface area contributed by atoms with Gasteiger partial charge in [-0.15, -0.1) is 0 Å². The third kappa shape index (κ3) is 2.41. The third-order valence-electron chi connectivity index (χ3n) is 3.04. The maximum Gasteiger partial charge on any atom is 0.126 e. The molecule has 0 aliphatic carbocycles. The lowest BCUT2D eigenvalue weighted by Gasteiger charge is -2.24. The van der Waals surface area contributed by atoms with E-state index >= 15 is 0 Å². The number of hydrogen-bond donors (Lipinski definition) is 1. The van der Waals surface area contributed by atoms with Crippen molar-refractivity contribution in [1.82, 2.24) is 0 Å². The smallest absolute Gasteiger partial charge is 0.126 e. The minimum absolute atomic E-state index is 0.198. The molecule has 0 aliphatic rings. The molecule has 2 aromatic carbocycles. The molecular weight excluding hydrogens is 234 g/mol. The van der Waals surface area contributed by atoms with Crippen molar-refractivity contribution in [3.05, 3.63) is 70.8 Å². The average Bonchev–Trinajstić information content (AvgIpc) is 2.28. The molecule has 1 nitrogen and oxygen atoms in total. The monoisotopic (exact) mass is 248 g/mol. The van der Waals surface area contributed by atoms with Crippen LogP contribution in [0.1, 0.15) is 23.6 Å². The number of aliphatic hydroxyl groups is 1. The first-order chi connectivity index (χ1) is 8.39. The first kappa shape index (κ1) is 12.7. The summed E-state index contributed by atoms with van der Waals surface area (Å²) in [6, 6.07) is 10.3. The van der Waals surface area contributed by atoms with Crippen molar-refractivity contribution in [2.45, 2.75) is 19.4 Å². The minimum atomic E-state index is -1.42. The summed E-state index contributed by atoms with van der Waals surface area (Å²) in [4.78, 5) is 0. The Bertz CT molecular complexity index is 539. The first-order valence-electron chi connectivity index (χ1n) is 5.65. The lowest BCUT2D eigenvalue weighted by molar-refractivity contribution is 0.101. The van der Waals surface area contributed by atoms with Crippen LogP contribution in [-0.4, -0.2) is 5.11 Å². The van der Waals surface area contributed by atoms with Crippen molar-refractivity contribution < 1.29 is 13.9 Å². The summed E-state index contributed by atoms with van der Waals surface area (Å²) in [6.45, 7) is 3.45. The normalized spacial score (nSPS) is 14.3. The molecule has 0 radical (unpaired) electrons. The van der Waals surface area contributed by atoms with E-state index in [-0.39, 0.29) is 5.56 Å². The molecule has 2 rings (SSSR count). The number of rotatable bonds is 2. The molecule has 0 amide bonds. The first-order valence-corrected chi connectivity index (χ1v) is 5.65. The van der Waals surface area contributed by atoms with Crippen LogP contribution in [0.3, 0.4) is 0 Å². The van der Waals surface area contributed by atoms with Gasteiger partial charge in [0.05, 0.1) is 0 Å². The van der Waals surface area contributed by atoms with Crippen molar-refractivity contribution >= 4 is 0 Å². The Morgan fingerprint density at radius 1 is 0.889 bits per heavy atom. The quantitative estimate of drug-likeness (QED) is 0.862. The highest BCUT2D eigenvalue weighted by Crippen LogP contribution is 2.30. The number of benzene rings is 2. The van der Waals surface area contributed by atoms with E-state index in [9.17, 15) is 13.9 Å². The number of halogens is 2. The van der Waals surface area contributed by atoms with Gasteiger partial charge in [-0.05, 0) is 37.1 Å². The van der Waals surface area contributed by atoms with Crippen LogP contribution in [0.25, 0.3) is 0 Å². The lowest BCUT2D eigenvalue weighted by Crippen LogP contribution is -2.23. The van der Waals surface area contributed by atoms with Crippen LogP contribution in [0.15, 0.2) is 42.5 Å². The van der Waals surface area contributed by atoms with Gasteiger partial charge in [-0.25, -0.2) is 8.78 Å². The highest BCUT2D eigenvalue weighted by Gasteiger charge is 2.26. The summed E-state index contributed by atoms with van der Waals surface area (Å²) in [5.41, 5.74) is 0.429. The minimum Gasteiger partial charge on any atom is -0.381 e. The molecule has 94 valence electrons. The Kier molecular flexibility index (Phi) is 3.18. The highest BCUT2D eigenvalue weighted by molar-refractivity contribution is 5.36. The van der Waals surface area contributed by atoms with Crippen LogP contribution in [-0.2, 0) is 5.60 Å². The zero-order chi connectivity index (χ0) is 13.3. The maximum absolute atomic E-state index is 13.2. The summed E-state index contributed by atoms with van der Waals surface area (Å²) in [5.74, 6) is -1.39. The van der Waals surface area contributed by atoms with Crippen molar-refractivity contribution in [2.24, 2.45) is 0 Å². The Hall–Kier alpha value is -1.74. The standard InChI is InChI=1S/C15H14F2O/c1-10-3-5-11(6-4-10)15(2,18)12-7-13(16)9-14(17)8-12/h3-9,18H,1-2H3. The maximum atomic E-state index is 13.2. The van der Waals surface area contributed by atoms with Gasteiger partial charge in [0.1, 0.15) is 17.2 Å². The molecule has 3 heteroatoms. The lowest BCUT2D eigenvalue weighted by atomic mass is 9.88. The van der Waals surface area contributed by atoms with Crippen molar-refractivity contribution in [2.75, 3.05) is 0 Å². The fourth-order valence-corrected chi connectivity index (χ4v) is 1.88. The van der Waals surface area contributed by atoms with Gasteiger partial charge >= 0.3 is 0 Å². The SMILES string of the molecule is Cc1ccc(C(C)(O)c2cc(F)cc(F)c2)cc1.